The van der Waals surface area contributed by atoms with E-state index in [0.29, 0.717) is 0 Å². The van der Waals surface area contributed by atoms with Crippen LogP contribution in [0.2, 0.25) is 0 Å². The van der Waals surface area contributed by atoms with Crippen molar-refractivity contribution < 1.29 is 132 Å². The summed E-state index contributed by atoms with van der Waals surface area (Å²) in [4.78, 5) is 0. The lowest BCUT2D eigenvalue weighted by molar-refractivity contribution is -0.489. The van der Waals surface area contributed by atoms with Crippen LogP contribution >= 0.6 is 0 Å². The Labute approximate surface area is 230 Å². The fourth-order valence-electron chi connectivity index (χ4n) is 2.81. The number of ether oxygens (including phenoxy) is 1. The molecule has 0 fully saturated rings. The van der Waals surface area contributed by atoms with E-state index in [1.807, 2.05) is 0 Å². The van der Waals surface area contributed by atoms with Gasteiger partial charge in [0.1, 0.15) is 6.61 Å². The first-order valence-corrected chi connectivity index (χ1v) is 9.78. The second-order valence-electron chi connectivity index (χ2n) is 8.54. The first-order valence-electron chi connectivity index (χ1n) is 9.78. The molecule has 0 radical (unpaired) electrons. The SMILES string of the molecule is COCC(F)(F)C(F)(F)C(F)(F)C(F)(F)C(F)(F)C(F)(F)C(F)(F)C(F)(F)C(F)(F)C(F)(F)C(F)(F)C(F)(C(F)(F)F)C(F)(F)F. The van der Waals surface area contributed by atoms with Crippen LogP contribution in [0.4, 0.5) is 127 Å². The molecule has 0 atom stereocenters. The van der Waals surface area contributed by atoms with Crippen LogP contribution in [0.1, 0.15) is 0 Å². The molecule has 0 spiro atoms. The molecule has 0 unspecified atom stereocenters. The predicted octanol–water partition coefficient (Wildman–Crippen LogP) is 9.45. The lowest BCUT2D eigenvalue weighted by Gasteiger charge is -2.46. The maximum absolute atomic E-state index is 13.7. The van der Waals surface area contributed by atoms with Gasteiger partial charge in [-0.2, -0.15) is 123 Å². The van der Waals surface area contributed by atoms with Gasteiger partial charge in [0, 0.05) is 7.11 Å². The largest absolute Gasteiger partial charge is 0.438 e. The van der Waals surface area contributed by atoms with Gasteiger partial charge in [-0.15, -0.1) is 0 Å². The molecule has 278 valence electrons. The number of methoxy groups -OCH3 is 1. The summed E-state index contributed by atoms with van der Waals surface area (Å²) in [6.45, 7) is -3.29. The fraction of sp³-hybridized carbons (Fsp3) is 1.00. The zero-order chi connectivity index (χ0) is 38.4. The quantitative estimate of drug-likeness (QED) is 0.170. The van der Waals surface area contributed by atoms with Gasteiger partial charge in [0.25, 0.3) is 0 Å². The van der Waals surface area contributed by atoms with Crippen LogP contribution in [-0.2, 0) is 4.74 Å². The van der Waals surface area contributed by atoms with Gasteiger partial charge in [-0.25, -0.2) is 4.39 Å². The molecule has 0 bridgehead atoms. The van der Waals surface area contributed by atoms with Crippen molar-refractivity contribution in [3.05, 3.63) is 0 Å². The summed E-state index contributed by atoms with van der Waals surface area (Å²) >= 11 is 0. The Morgan fingerprint density at radius 1 is 0.283 bits per heavy atom. The van der Waals surface area contributed by atoms with Gasteiger partial charge in [-0.3, -0.25) is 0 Å². The molecule has 0 aliphatic carbocycles. The van der Waals surface area contributed by atoms with Crippen molar-refractivity contribution in [3.8, 4) is 0 Å². The monoisotopic (exact) mass is 764 g/mol. The van der Waals surface area contributed by atoms with Crippen molar-refractivity contribution in [2.24, 2.45) is 0 Å². The van der Waals surface area contributed by atoms with Crippen molar-refractivity contribution in [1.29, 1.82) is 0 Å². The van der Waals surface area contributed by atoms with Crippen LogP contribution in [0.25, 0.3) is 0 Å². The van der Waals surface area contributed by atoms with Crippen molar-refractivity contribution >= 4 is 0 Å². The van der Waals surface area contributed by atoms with Crippen LogP contribution in [0.5, 0.6) is 0 Å². The highest BCUT2D eigenvalue weighted by molar-refractivity contribution is 5.22. The summed E-state index contributed by atoms with van der Waals surface area (Å²) in [6, 6.07) is 0. The first kappa shape index (κ1) is 43.9. The Bertz CT molecular complexity index is 1080. The Morgan fingerprint density at radius 3 is 0.630 bits per heavy atom. The molecule has 0 aromatic carbocycles. The molecule has 0 saturated heterocycles. The van der Waals surface area contributed by atoms with E-state index in [0.717, 1.165) is 0 Å². The second kappa shape index (κ2) is 10.7. The third-order valence-corrected chi connectivity index (χ3v) is 5.55. The molecule has 0 aliphatic rings. The summed E-state index contributed by atoms with van der Waals surface area (Å²) in [5.74, 6) is -103. The van der Waals surface area contributed by atoms with E-state index in [4.69, 9.17) is 0 Å². The summed E-state index contributed by atoms with van der Waals surface area (Å²) in [5.41, 5.74) is -9.29. The molecular formula is C16H5F29O. The number of hydrogen-bond donors (Lipinski definition) is 0. The van der Waals surface area contributed by atoms with Gasteiger partial charge in [0.2, 0.25) is 0 Å². The van der Waals surface area contributed by atoms with Crippen molar-refractivity contribution in [2.75, 3.05) is 13.7 Å². The highest BCUT2D eigenvalue weighted by Gasteiger charge is 3.01. The third-order valence-electron chi connectivity index (χ3n) is 5.55. The highest BCUT2D eigenvalue weighted by atomic mass is 19.4. The van der Waals surface area contributed by atoms with Crippen LogP contribution in [-0.4, -0.2) is 96.9 Å². The average Bonchev–Trinajstić information content (AvgIpc) is 2.80. The van der Waals surface area contributed by atoms with E-state index in [1.165, 1.54) is 0 Å². The normalized spacial score (nSPS) is 17.1. The Kier molecular flexibility index (Phi) is 10.2. The fourth-order valence-corrected chi connectivity index (χ4v) is 2.81. The lowest BCUT2D eigenvalue weighted by atomic mass is 9.81. The van der Waals surface area contributed by atoms with Crippen LogP contribution in [0, 0.1) is 0 Å². The highest BCUT2D eigenvalue weighted by Crippen LogP contribution is 2.69. The summed E-state index contributed by atoms with van der Waals surface area (Å²) in [5, 5.41) is 0. The van der Waals surface area contributed by atoms with E-state index < -0.39 is 89.8 Å². The summed E-state index contributed by atoms with van der Waals surface area (Å²) in [6.07, 6.45) is -17.5. The minimum atomic E-state index is -9.97. The lowest BCUT2D eigenvalue weighted by Crippen LogP contribution is -2.80. The minimum Gasteiger partial charge on any atom is -0.378 e. The molecule has 0 aromatic rings. The molecule has 0 N–H and O–H groups in total. The summed E-state index contributed by atoms with van der Waals surface area (Å²) in [7, 11) is -0.179. The van der Waals surface area contributed by atoms with E-state index in [9.17, 15) is 127 Å². The zero-order valence-corrected chi connectivity index (χ0v) is 20.1. The molecular weight excluding hydrogens is 759 g/mol. The predicted molar refractivity (Wildman–Crippen MR) is 82.2 cm³/mol. The van der Waals surface area contributed by atoms with Crippen LogP contribution in [0.3, 0.4) is 0 Å². The topological polar surface area (TPSA) is 9.23 Å². The number of alkyl halides is 29. The van der Waals surface area contributed by atoms with Crippen LogP contribution < -0.4 is 0 Å². The van der Waals surface area contributed by atoms with Gasteiger partial charge in [-0.1, -0.05) is 0 Å². The van der Waals surface area contributed by atoms with Gasteiger partial charge < -0.3 is 4.74 Å². The van der Waals surface area contributed by atoms with Gasteiger partial charge in [0.15, 0.2) is 0 Å². The molecule has 30 heteroatoms. The molecule has 0 aromatic heterocycles. The number of hydrogen-bond acceptors (Lipinski definition) is 1. The second-order valence-corrected chi connectivity index (χ2v) is 8.54. The maximum Gasteiger partial charge on any atom is 0.438 e. The Balaban J connectivity index is 7.64. The van der Waals surface area contributed by atoms with Crippen LogP contribution in [0.15, 0.2) is 0 Å². The van der Waals surface area contributed by atoms with Gasteiger partial charge in [0.05, 0.1) is 0 Å². The van der Waals surface area contributed by atoms with Crippen molar-refractivity contribution in [2.45, 2.75) is 83.2 Å². The Morgan fingerprint density at radius 2 is 0.457 bits per heavy atom. The summed E-state index contributed by atoms with van der Waals surface area (Å²) < 4.78 is 389. The number of halogens is 29. The molecule has 0 heterocycles. The smallest absolute Gasteiger partial charge is 0.378 e. The molecule has 0 rings (SSSR count). The average molecular weight is 764 g/mol. The van der Waals surface area contributed by atoms with Crippen molar-refractivity contribution in [1.82, 2.24) is 0 Å². The number of rotatable bonds is 13. The van der Waals surface area contributed by atoms with E-state index in [1.54, 1.807) is 0 Å². The third kappa shape index (κ3) is 4.97. The minimum absolute atomic E-state index is 0.179. The molecule has 1 nitrogen and oxygen atoms in total. The van der Waals surface area contributed by atoms with E-state index >= 15 is 0 Å². The zero-order valence-electron chi connectivity index (χ0n) is 20.1. The molecule has 0 saturated carbocycles. The van der Waals surface area contributed by atoms with Crippen molar-refractivity contribution in [3.63, 3.8) is 0 Å². The molecule has 0 amide bonds. The standard InChI is InChI=1S/C16H5F29O/c1-46-2-3(17,18)5(20,21)7(24,25)9(28,29)11(32,33)13(36,37)14(38,39)12(34,35)10(30,31)8(26,27)6(22,23)4(19,15(40,41)42)16(43,44)45/h2H2,1H3. The van der Waals surface area contributed by atoms with Gasteiger partial charge in [-0.05, 0) is 0 Å². The maximum atomic E-state index is 13.7. The molecule has 46 heavy (non-hydrogen) atoms. The Hall–Kier alpha value is -2.07. The van der Waals surface area contributed by atoms with E-state index in [2.05, 4.69) is 4.74 Å². The first-order chi connectivity index (χ1) is 19.3. The van der Waals surface area contributed by atoms with Gasteiger partial charge >= 0.3 is 83.2 Å². The van der Waals surface area contributed by atoms with E-state index in [-0.39, 0.29) is 7.11 Å². The molecule has 0 aliphatic heterocycles.